The van der Waals surface area contributed by atoms with Crippen molar-refractivity contribution in [1.82, 2.24) is 10.2 Å². The molecular formula is C18H27ClN2O. The number of nitrogens with zero attached hydrogens (tertiary/aromatic N) is 1. The summed E-state index contributed by atoms with van der Waals surface area (Å²) in [5.74, 6) is 1.03. The van der Waals surface area contributed by atoms with Crippen LogP contribution in [0.5, 0.6) is 0 Å². The lowest BCUT2D eigenvalue weighted by Crippen LogP contribution is -2.42. The van der Waals surface area contributed by atoms with Crippen LogP contribution in [0, 0.1) is 5.92 Å². The number of carbonyl (C=O) groups is 1. The SMILES string of the molecule is CC(C1CC1)N(Cc1ccccc1)C(=O)CC1CCCN1.Cl. The highest BCUT2D eigenvalue weighted by molar-refractivity contribution is 5.85. The van der Waals surface area contributed by atoms with Crippen molar-refractivity contribution in [3.63, 3.8) is 0 Å². The molecule has 1 N–H and O–H groups in total. The number of benzene rings is 1. The Morgan fingerprint density at radius 3 is 2.59 bits per heavy atom. The summed E-state index contributed by atoms with van der Waals surface area (Å²) in [6, 6.07) is 11.1. The summed E-state index contributed by atoms with van der Waals surface area (Å²) in [4.78, 5) is 14.9. The summed E-state index contributed by atoms with van der Waals surface area (Å²) < 4.78 is 0. The molecule has 1 aromatic carbocycles. The van der Waals surface area contributed by atoms with E-state index in [0.29, 0.717) is 30.3 Å². The van der Waals surface area contributed by atoms with Crippen LogP contribution in [0.4, 0.5) is 0 Å². The molecule has 122 valence electrons. The number of amides is 1. The molecular weight excluding hydrogens is 296 g/mol. The Bertz CT molecular complexity index is 469. The molecule has 1 heterocycles. The molecule has 0 spiro atoms. The first-order chi connectivity index (χ1) is 10.2. The van der Waals surface area contributed by atoms with Crippen molar-refractivity contribution in [3.05, 3.63) is 35.9 Å². The predicted octanol–water partition coefficient (Wildman–Crippen LogP) is 3.38. The molecule has 2 unspecified atom stereocenters. The highest BCUT2D eigenvalue weighted by atomic mass is 35.5. The Labute approximate surface area is 139 Å². The third-order valence-electron chi connectivity index (χ3n) is 4.90. The van der Waals surface area contributed by atoms with Gasteiger partial charge >= 0.3 is 0 Å². The van der Waals surface area contributed by atoms with Gasteiger partial charge in [-0.15, -0.1) is 12.4 Å². The number of halogens is 1. The van der Waals surface area contributed by atoms with E-state index in [2.05, 4.69) is 41.4 Å². The Morgan fingerprint density at radius 2 is 2.00 bits per heavy atom. The van der Waals surface area contributed by atoms with Crippen molar-refractivity contribution in [3.8, 4) is 0 Å². The van der Waals surface area contributed by atoms with Gasteiger partial charge in [0.1, 0.15) is 0 Å². The molecule has 4 heteroatoms. The lowest BCUT2D eigenvalue weighted by atomic mass is 10.1. The zero-order valence-corrected chi connectivity index (χ0v) is 14.1. The van der Waals surface area contributed by atoms with Gasteiger partial charge < -0.3 is 10.2 Å². The van der Waals surface area contributed by atoms with Gasteiger partial charge in [0.05, 0.1) is 0 Å². The van der Waals surface area contributed by atoms with E-state index < -0.39 is 0 Å². The van der Waals surface area contributed by atoms with Gasteiger partial charge in [0.15, 0.2) is 0 Å². The molecule has 2 atom stereocenters. The van der Waals surface area contributed by atoms with Crippen molar-refractivity contribution in [2.45, 2.75) is 57.7 Å². The van der Waals surface area contributed by atoms with Crippen LogP contribution in [0.15, 0.2) is 30.3 Å². The normalized spacial score (nSPS) is 22.0. The van der Waals surface area contributed by atoms with Crippen molar-refractivity contribution in [2.75, 3.05) is 6.54 Å². The van der Waals surface area contributed by atoms with E-state index in [1.807, 2.05) is 6.07 Å². The number of rotatable bonds is 6. The number of hydrogen-bond acceptors (Lipinski definition) is 2. The smallest absolute Gasteiger partial charge is 0.224 e. The van der Waals surface area contributed by atoms with E-state index in [0.717, 1.165) is 19.5 Å². The molecule has 0 bridgehead atoms. The molecule has 0 radical (unpaired) electrons. The minimum atomic E-state index is 0. The Hall–Kier alpha value is -1.06. The van der Waals surface area contributed by atoms with E-state index in [4.69, 9.17) is 0 Å². The molecule has 0 aromatic heterocycles. The maximum Gasteiger partial charge on any atom is 0.224 e. The average Bonchev–Trinajstić information content (AvgIpc) is 3.23. The van der Waals surface area contributed by atoms with Crippen molar-refractivity contribution < 1.29 is 4.79 Å². The first-order valence-electron chi connectivity index (χ1n) is 8.31. The molecule has 1 amide bonds. The van der Waals surface area contributed by atoms with E-state index in [1.54, 1.807) is 0 Å². The van der Waals surface area contributed by atoms with Crippen molar-refractivity contribution >= 4 is 18.3 Å². The quantitative estimate of drug-likeness (QED) is 0.871. The molecule has 2 fully saturated rings. The molecule has 1 saturated heterocycles. The summed E-state index contributed by atoms with van der Waals surface area (Å²) in [7, 11) is 0. The summed E-state index contributed by atoms with van der Waals surface area (Å²) in [6.45, 7) is 4.04. The zero-order chi connectivity index (χ0) is 14.7. The number of hydrogen-bond donors (Lipinski definition) is 1. The standard InChI is InChI=1S/C18H26N2O.ClH/c1-14(16-9-10-16)20(13-15-6-3-2-4-7-15)18(21)12-17-8-5-11-19-17;/h2-4,6-7,14,16-17,19H,5,8-13H2,1H3;1H. The Morgan fingerprint density at radius 1 is 1.27 bits per heavy atom. The van der Waals surface area contributed by atoms with Gasteiger partial charge in [0.25, 0.3) is 0 Å². The third-order valence-corrected chi connectivity index (χ3v) is 4.90. The summed E-state index contributed by atoms with van der Waals surface area (Å²) in [5, 5.41) is 3.44. The van der Waals surface area contributed by atoms with Crippen molar-refractivity contribution in [1.29, 1.82) is 0 Å². The zero-order valence-electron chi connectivity index (χ0n) is 13.3. The van der Waals surface area contributed by atoms with Gasteiger partial charge in [0.2, 0.25) is 5.91 Å². The molecule has 22 heavy (non-hydrogen) atoms. The van der Waals surface area contributed by atoms with Crippen LogP contribution in [0.25, 0.3) is 0 Å². The van der Waals surface area contributed by atoms with Crippen LogP contribution >= 0.6 is 12.4 Å². The molecule has 2 aliphatic rings. The second-order valence-corrected chi connectivity index (χ2v) is 6.58. The minimum Gasteiger partial charge on any atom is -0.335 e. The van der Waals surface area contributed by atoms with E-state index >= 15 is 0 Å². The molecule has 1 aromatic rings. The van der Waals surface area contributed by atoms with Crippen LogP contribution in [-0.2, 0) is 11.3 Å². The Kier molecular flexibility index (Phi) is 6.27. The summed E-state index contributed by atoms with van der Waals surface area (Å²) in [5.41, 5.74) is 1.23. The second-order valence-electron chi connectivity index (χ2n) is 6.58. The van der Waals surface area contributed by atoms with Gasteiger partial charge in [0, 0.05) is 25.0 Å². The lowest BCUT2D eigenvalue weighted by Gasteiger charge is -2.30. The molecule has 3 rings (SSSR count). The molecule has 1 aliphatic carbocycles. The monoisotopic (exact) mass is 322 g/mol. The third kappa shape index (κ3) is 4.47. The first kappa shape index (κ1) is 17.3. The van der Waals surface area contributed by atoms with Crippen LogP contribution in [0.1, 0.15) is 44.6 Å². The fraction of sp³-hybridized carbons (Fsp3) is 0.611. The van der Waals surface area contributed by atoms with Crippen LogP contribution < -0.4 is 5.32 Å². The largest absolute Gasteiger partial charge is 0.335 e. The second kappa shape index (κ2) is 7.98. The van der Waals surface area contributed by atoms with E-state index in [-0.39, 0.29) is 12.4 Å². The van der Waals surface area contributed by atoms with Crippen LogP contribution in [0.2, 0.25) is 0 Å². The topological polar surface area (TPSA) is 32.3 Å². The van der Waals surface area contributed by atoms with E-state index in [9.17, 15) is 4.79 Å². The van der Waals surface area contributed by atoms with Crippen LogP contribution in [0.3, 0.4) is 0 Å². The van der Waals surface area contributed by atoms with Crippen molar-refractivity contribution in [2.24, 2.45) is 5.92 Å². The van der Waals surface area contributed by atoms with Crippen LogP contribution in [-0.4, -0.2) is 29.4 Å². The highest BCUT2D eigenvalue weighted by Gasteiger charge is 2.35. The minimum absolute atomic E-state index is 0. The Balaban J connectivity index is 0.00000176. The lowest BCUT2D eigenvalue weighted by molar-refractivity contribution is -0.134. The summed E-state index contributed by atoms with van der Waals surface area (Å²) in [6.07, 6.45) is 5.56. The van der Waals surface area contributed by atoms with Gasteiger partial charge in [-0.25, -0.2) is 0 Å². The molecule has 1 saturated carbocycles. The highest BCUT2D eigenvalue weighted by Crippen LogP contribution is 2.36. The number of nitrogens with one attached hydrogen (secondary N) is 1. The fourth-order valence-electron chi connectivity index (χ4n) is 3.33. The van der Waals surface area contributed by atoms with Gasteiger partial charge in [-0.2, -0.15) is 0 Å². The fourth-order valence-corrected chi connectivity index (χ4v) is 3.33. The van der Waals surface area contributed by atoms with E-state index in [1.165, 1.54) is 24.8 Å². The molecule has 3 nitrogen and oxygen atoms in total. The maximum atomic E-state index is 12.8. The van der Waals surface area contributed by atoms with Gasteiger partial charge in [-0.05, 0) is 50.6 Å². The average molecular weight is 323 g/mol. The summed E-state index contributed by atoms with van der Waals surface area (Å²) >= 11 is 0. The predicted molar refractivity (Wildman–Crippen MR) is 92.1 cm³/mol. The van der Waals surface area contributed by atoms with Gasteiger partial charge in [-0.1, -0.05) is 30.3 Å². The molecule has 1 aliphatic heterocycles. The number of carbonyl (C=O) groups excluding carboxylic acids is 1. The maximum absolute atomic E-state index is 12.8. The van der Waals surface area contributed by atoms with Gasteiger partial charge in [-0.3, -0.25) is 4.79 Å². The first-order valence-corrected chi connectivity index (χ1v) is 8.31.